The van der Waals surface area contributed by atoms with E-state index in [2.05, 4.69) is 52.5 Å². The third kappa shape index (κ3) is 2.95. The first-order chi connectivity index (χ1) is 7.56. The van der Waals surface area contributed by atoms with E-state index in [1.807, 2.05) is 0 Å². The van der Waals surface area contributed by atoms with Gasteiger partial charge in [0.15, 0.2) is 5.11 Å². The van der Waals surface area contributed by atoms with E-state index in [9.17, 15) is 0 Å². The van der Waals surface area contributed by atoms with Crippen molar-refractivity contribution >= 4 is 38.9 Å². The largest absolute Gasteiger partial charge is 0.360 e. The normalized spacial score (nSPS) is 14.7. The highest BCUT2D eigenvalue weighted by atomic mass is 79.9. The van der Waals surface area contributed by atoms with Crippen molar-refractivity contribution in [3.8, 4) is 0 Å². The van der Waals surface area contributed by atoms with Gasteiger partial charge < -0.3 is 10.6 Å². The number of anilines is 1. The molecule has 0 aromatic heterocycles. The van der Waals surface area contributed by atoms with E-state index in [0.717, 1.165) is 10.8 Å². The molecule has 0 aliphatic heterocycles. The summed E-state index contributed by atoms with van der Waals surface area (Å²) >= 11 is 8.79. The summed E-state index contributed by atoms with van der Waals surface area (Å²) in [6.07, 6.45) is 2.47. The van der Waals surface area contributed by atoms with E-state index in [1.54, 1.807) is 0 Å². The highest BCUT2D eigenvalue weighted by Gasteiger charge is 2.21. The molecule has 16 heavy (non-hydrogen) atoms. The van der Waals surface area contributed by atoms with Gasteiger partial charge in [-0.3, -0.25) is 0 Å². The number of halogens is 1. The fourth-order valence-electron chi connectivity index (χ4n) is 1.60. The van der Waals surface area contributed by atoms with Crippen LogP contribution >= 0.6 is 28.1 Å². The Morgan fingerprint density at radius 1 is 1.31 bits per heavy atom. The van der Waals surface area contributed by atoms with Gasteiger partial charge in [-0.05, 0) is 62.2 Å². The molecule has 0 radical (unpaired) electrons. The number of nitrogens with one attached hydrogen (secondary N) is 2. The fraction of sp³-hybridized carbons (Fsp3) is 0.417. The minimum atomic E-state index is 0.595. The Morgan fingerprint density at radius 3 is 2.38 bits per heavy atom. The molecule has 0 heterocycles. The average Bonchev–Trinajstić information content (AvgIpc) is 2.97. The molecule has 0 bridgehead atoms. The van der Waals surface area contributed by atoms with Crippen molar-refractivity contribution in [2.45, 2.75) is 32.7 Å². The summed E-state index contributed by atoms with van der Waals surface area (Å²) in [5, 5.41) is 7.21. The second-order valence-corrected chi connectivity index (χ2v) is 5.50. The van der Waals surface area contributed by atoms with E-state index in [4.69, 9.17) is 12.2 Å². The number of aryl methyl sites for hydroxylation is 2. The van der Waals surface area contributed by atoms with Gasteiger partial charge in [0.1, 0.15) is 0 Å². The highest BCUT2D eigenvalue weighted by Crippen LogP contribution is 2.25. The summed E-state index contributed by atoms with van der Waals surface area (Å²) in [5.41, 5.74) is 3.49. The summed E-state index contributed by atoms with van der Waals surface area (Å²) in [5.74, 6) is 0. The Kier molecular flexibility index (Phi) is 3.50. The van der Waals surface area contributed by atoms with Crippen LogP contribution in [-0.2, 0) is 0 Å². The Hall–Kier alpha value is -0.610. The lowest BCUT2D eigenvalue weighted by molar-refractivity contribution is 0.919. The van der Waals surface area contributed by atoms with Crippen LogP contribution in [0.4, 0.5) is 5.69 Å². The summed E-state index contributed by atoms with van der Waals surface area (Å²) in [7, 11) is 0. The Balaban J connectivity index is 2.05. The van der Waals surface area contributed by atoms with Crippen LogP contribution in [0.2, 0.25) is 0 Å². The standard InChI is InChI=1S/C12H15BrN2S/c1-7-5-10(6-8(2)11(7)13)15-12(16)14-9-3-4-9/h5-6,9H,3-4H2,1-2H3,(H2,14,15,16). The van der Waals surface area contributed by atoms with Crippen LogP contribution in [0.1, 0.15) is 24.0 Å². The minimum Gasteiger partial charge on any atom is -0.360 e. The van der Waals surface area contributed by atoms with E-state index in [-0.39, 0.29) is 0 Å². The summed E-state index contributed by atoms with van der Waals surface area (Å²) in [4.78, 5) is 0. The second kappa shape index (κ2) is 4.72. The minimum absolute atomic E-state index is 0.595. The van der Waals surface area contributed by atoms with Crippen LogP contribution in [0, 0.1) is 13.8 Å². The van der Waals surface area contributed by atoms with Gasteiger partial charge in [-0.2, -0.15) is 0 Å². The lowest BCUT2D eigenvalue weighted by Gasteiger charge is -2.12. The third-order valence-corrected chi connectivity index (χ3v) is 4.08. The molecule has 0 amide bonds. The quantitative estimate of drug-likeness (QED) is 0.817. The molecule has 1 aromatic rings. The molecule has 1 fully saturated rings. The maximum atomic E-state index is 5.24. The zero-order valence-electron chi connectivity index (χ0n) is 9.43. The molecule has 1 saturated carbocycles. The SMILES string of the molecule is Cc1cc(NC(=S)NC2CC2)cc(C)c1Br. The van der Waals surface area contributed by atoms with Crippen LogP contribution in [-0.4, -0.2) is 11.2 Å². The molecule has 2 N–H and O–H groups in total. The first-order valence-electron chi connectivity index (χ1n) is 5.40. The van der Waals surface area contributed by atoms with Crippen molar-refractivity contribution in [1.29, 1.82) is 0 Å². The van der Waals surface area contributed by atoms with Gasteiger partial charge in [0.05, 0.1) is 0 Å². The highest BCUT2D eigenvalue weighted by molar-refractivity contribution is 9.10. The molecule has 0 unspecified atom stereocenters. The third-order valence-electron chi connectivity index (χ3n) is 2.61. The molecule has 0 saturated heterocycles. The predicted octanol–water partition coefficient (Wildman–Crippen LogP) is 3.51. The lowest BCUT2D eigenvalue weighted by atomic mass is 10.1. The van der Waals surface area contributed by atoms with Crippen LogP contribution in [0.5, 0.6) is 0 Å². The van der Waals surface area contributed by atoms with E-state index < -0.39 is 0 Å². The monoisotopic (exact) mass is 298 g/mol. The maximum Gasteiger partial charge on any atom is 0.170 e. The van der Waals surface area contributed by atoms with Gasteiger partial charge in [0.2, 0.25) is 0 Å². The summed E-state index contributed by atoms with van der Waals surface area (Å²) in [6.45, 7) is 4.17. The van der Waals surface area contributed by atoms with Crippen molar-refractivity contribution in [3.05, 3.63) is 27.7 Å². The van der Waals surface area contributed by atoms with Crippen molar-refractivity contribution in [2.75, 3.05) is 5.32 Å². The van der Waals surface area contributed by atoms with Crippen molar-refractivity contribution in [3.63, 3.8) is 0 Å². The first-order valence-corrected chi connectivity index (χ1v) is 6.60. The molecular weight excluding hydrogens is 284 g/mol. The van der Waals surface area contributed by atoms with Gasteiger partial charge in [0.25, 0.3) is 0 Å². The maximum absolute atomic E-state index is 5.24. The van der Waals surface area contributed by atoms with E-state index in [1.165, 1.54) is 28.4 Å². The fourth-order valence-corrected chi connectivity index (χ4v) is 2.11. The smallest absolute Gasteiger partial charge is 0.170 e. The Bertz CT molecular complexity index is 404. The van der Waals surface area contributed by atoms with Gasteiger partial charge in [-0.25, -0.2) is 0 Å². The van der Waals surface area contributed by atoms with E-state index >= 15 is 0 Å². The number of hydrogen-bond donors (Lipinski definition) is 2. The average molecular weight is 299 g/mol. The molecule has 2 rings (SSSR count). The second-order valence-electron chi connectivity index (χ2n) is 4.30. The predicted molar refractivity (Wildman–Crippen MR) is 76.0 cm³/mol. The molecule has 86 valence electrons. The lowest BCUT2D eigenvalue weighted by Crippen LogP contribution is -2.30. The van der Waals surface area contributed by atoms with Crippen LogP contribution in [0.25, 0.3) is 0 Å². The number of thiocarbonyl (C=S) groups is 1. The number of rotatable bonds is 2. The molecule has 1 aliphatic carbocycles. The Labute approximate surface area is 110 Å². The van der Waals surface area contributed by atoms with Gasteiger partial charge in [-0.15, -0.1) is 0 Å². The first kappa shape index (κ1) is 11.9. The summed E-state index contributed by atoms with van der Waals surface area (Å²) < 4.78 is 1.17. The number of hydrogen-bond acceptors (Lipinski definition) is 1. The molecule has 4 heteroatoms. The molecule has 2 nitrogen and oxygen atoms in total. The molecular formula is C12H15BrN2S. The molecule has 1 aromatic carbocycles. The van der Waals surface area contributed by atoms with Crippen LogP contribution in [0.3, 0.4) is 0 Å². The van der Waals surface area contributed by atoms with Crippen molar-refractivity contribution < 1.29 is 0 Å². The van der Waals surface area contributed by atoms with Crippen molar-refractivity contribution in [1.82, 2.24) is 5.32 Å². The summed E-state index contributed by atoms with van der Waals surface area (Å²) in [6, 6.07) is 4.79. The topological polar surface area (TPSA) is 24.1 Å². The van der Waals surface area contributed by atoms with Gasteiger partial charge >= 0.3 is 0 Å². The van der Waals surface area contributed by atoms with Crippen LogP contribution < -0.4 is 10.6 Å². The Morgan fingerprint density at radius 2 is 1.88 bits per heavy atom. The zero-order valence-corrected chi connectivity index (χ0v) is 11.8. The molecule has 0 spiro atoms. The molecule has 0 atom stereocenters. The van der Waals surface area contributed by atoms with E-state index in [0.29, 0.717) is 6.04 Å². The van der Waals surface area contributed by atoms with Crippen molar-refractivity contribution in [2.24, 2.45) is 0 Å². The number of benzene rings is 1. The zero-order chi connectivity index (χ0) is 11.7. The van der Waals surface area contributed by atoms with Gasteiger partial charge in [-0.1, -0.05) is 15.9 Å². The van der Waals surface area contributed by atoms with Crippen LogP contribution in [0.15, 0.2) is 16.6 Å². The molecule has 1 aliphatic rings. The van der Waals surface area contributed by atoms with Gasteiger partial charge in [0, 0.05) is 16.2 Å².